The Bertz CT molecular complexity index is 211. The molecule has 0 aliphatic rings. The summed E-state index contributed by atoms with van der Waals surface area (Å²) in [5.41, 5.74) is 5.44. The first kappa shape index (κ1) is 7.78. The van der Waals surface area contributed by atoms with Crippen molar-refractivity contribution in [2.45, 2.75) is 6.04 Å². The van der Waals surface area contributed by atoms with Gasteiger partial charge in [0.1, 0.15) is 5.76 Å². The Kier molecular flexibility index (Phi) is 2.48. The lowest BCUT2D eigenvalue weighted by Gasteiger charge is -2.01. The minimum atomic E-state index is -0.411. The lowest BCUT2D eigenvalue weighted by molar-refractivity contribution is 0.250. The lowest BCUT2D eigenvalue weighted by Crippen LogP contribution is -2.13. The van der Waals surface area contributed by atoms with Crippen LogP contribution in [0.25, 0.3) is 0 Å². The van der Waals surface area contributed by atoms with Crippen LogP contribution in [0.4, 0.5) is 0 Å². The molecule has 0 fully saturated rings. The molecule has 0 saturated carbocycles. The second kappa shape index (κ2) is 3.18. The van der Waals surface area contributed by atoms with Gasteiger partial charge in [-0.25, -0.2) is 0 Å². The number of hydrogen-bond donors (Lipinski definition) is 2. The molecular weight excluding hydrogens is 198 g/mol. The molecule has 56 valence electrons. The van der Waals surface area contributed by atoms with Crippen LogP contribution >= 0.6 is 15.9 Å². The molecule has 1 heterocycles. The summed E-state index contributed by atoms with van der Waals surface area (Å²) in [5, 5.41) is 8.60. The molecule has 0 aliphatic carbocycles. The van der Waals surface area contributed by atoms with Gasteiger partial charge in [0.25, 0.3) is 0 Å². The number of hydrogen-bond acceptors (Lipinski definition) is 3. The number of halogens is 1. The number of nitrogens with two attached hydrogens (primary N) is 1. The first-order chi connectivity index (χ1) is 4.74. The summed E-state index contributed by atoms with van der Waals surface area (Å²) in [6.07, 6.45) is 0. The molecule has 1 atom stereocenters. The van der Waals surface area contributed by atoms with Crippen LogP contribution in [0, 0.1) is 0 Å². The normalized spacial score (nSPS) is 13.5. The molecule has 1 aromatic rings. The maximum Gasteiger partial charge on any atom is 0.169 e. The van der Waals surface area contributed by atoms with Gasteiger partial charge >= 0.3 is 0 Å². The van der Waals surface area contributed by atoms with Gasteiger partial charge in [0.05, 0.1) is 12.6 Å². The predicted octanol–water partition coefficient (Wildman–Crippen LogP) is 1.03. The second-order valence-electron chi connectivity index (χ2n) is 1.93. The smallest absolute Gasteiger partial charge is 0.169 e. The van der Waals surface area contributed by atoms with Crippen molar-refractivity contribution in [1.29, 1.82) is 0 Å². The van der Waals surface area contributed by atoms with E-state index in [-0.39, 0.29) is 6.61 Å². The van der Waals surface area contributed by atoms with Gasteiger partial charge in [-0.15, -0.1) is 0 Å². The Morgan fingerprint density at radius 1 is 1.70 bits per heavy atom. The zero-order valence-corrected chi connectivity index (χ0v) is 6.84. The summed E-state index contributed by atoms with van der Waals surface area (Å²) in [7, 11) is 0. The van der Waals surface area contributed by atoms with Crippen LogP contribution in [0.1, 0.15) is 11.8 Å². The fourth-order valence-electron chi connectivity index (χ4n) is 0.618. The van der Waals surface area contributed by atoms with E-state index >= 15 is 0 Å². The largest absolute Gasteiger partial charge is 0.453 e. The van der Waals surface area contributed by atoms with Gasteiger partial charge in [-0.1, -0.05) is 0 Å². The predicted molar refractivity (Wildman–Crippen MR) is 40.4 cm³/mol. The van der Waals surface area contributed by atoms with Crippen molar-refractivity contribution in [3.8, 4) is 0 Å². The maximum absolute atomic E-state index is 8.60. The van der Waals surface area contributed by atoms with Crippen molar-refractivity contribution in [3.05, 3.63) is 22.6 Å². The van der Waals surface area contributed by atoms with Gasteiger partial charge in [-0.05, 0) is 28.1 Å². The van der Waals surface area contributed by atoms with Crippen molar-refractivity contribution in [2.75, 3.05) is 6.61 Å². The van der Waals surface area contributed by atoms with Gasteiger partial charge in [-0.2, -0.15) is 0 Å². The molecule has 3 N–H and O–H groups in total. The van der Waals surface area contributed by atoms with E-state index in [1.807, 2.05) is 0 Å². The Morgan fingerprint density at radius 2 is 2.40 bits per heavy atom. The van der Waals surface area contributed by atoms with E-state index in [1.54, 1.807) is 12.1 Å². The first-order valence-electron chi connectivity index (χ1n) is 2.85. The van der Waals surface area contributed by atoms with E-state index in [0.717, 1.165) is 0 Å². The Labute approximate surface area is 67.0 Å². The van der Waals surface area contributed by atoms with Crippen molar-refractivity contribution in [2.24, 2.45) is 5.73 Å². The van der Waals surface area contributed by atoms with Crippen molar-refractivity contribution < 1.29 is 9.52 Å². The topological polar surface area (TPSA) is 59.4 Å². The molecule has 10 heavy (non-hydrogen) atoms. The van der Waals surface area contributed by atoms with Crippen LogP contribution in [0.2, 0.25) is 0 Å². The monoisotopic (exact) mass is 205 g/mol. The van der Waals surface area contributed by atoms with Gasteiger partial charge in [-0.3, -0.25) is 0 Å². The molecule has 1 aromatic heterocycles. The molecule has 0 aromatic carbocycles. The highest BCUT2D eigenvalue weighted by molar-refractivity contribution is 9.10. The molecule has 1 rings (SSSR count). The molecule has 0 amide bonds. The van der Waals surface area contributed by atoms with E-state index in [4.69, 9.17) is 15.3 Å². The van der Waals surface area contributed by atoms with Gasteiger partial charge in [0.15, 0.2) is 4.67 Å². The van der Waals surface area contributed by atoms with Gasteiger partial charge < -0.3 is 15.3 Å². The highest BCUT2D eigenvalue weighted by atomic mass is 79.9. The molecule has 0 unspecified atom stereocenters. The Hall–Kier alpha value is -0.320. The van der Waals surface area contributed by atoms with Gasteiger partial charge in [0.2, 0.25) is 0 Å². The first-order valence-corrected chi connectivity index (χ1v) is 3.65. The summed E-state index contributed by atoms with van der Waals surface area (Å²) < 4.78 is 5.70. The molecule has 4 heteroatoms. The van der Waals surface area contributed by atoms with Crippen LogP contribution < -0.4 is 5.73 Å². The summed E-state index contributed by atoms with van der Waals surface area (Å²) in [5.74, 6) is 0.592. The van der Waals surface area contributed by atoms with Crippen LogP contribution in [0.5, 0.6) is 0 Å². The fraction of sp³-hybridized carbons (Fsp3) is 0.333. The molecule has 0 spiro atoms. The van der Waals surface area contributed by atoms with Crippen LogP contribution in [0.3, 0.4) is 0 Å². The summed E-state index contributed by atoms with van der Waals surface area (Å²) in [4.78, 5) is 0. The standard InChI is InChI=1S/C6H8BrNO2/c7-6-2-1-5(10-6)4(8)3-9/h1-2,4,9H,3,8H2/t4-/m1/s1. The SMILES string of the molecule is N[C@H](CO)c1ccc(Br)o1. The zero-order chi connectivity index (χ0) is 7.56. The minimum absolute atomic E-state index is 0.0973. The highest BCUT2D eigenvalue weighted by Gasteiger charge is 2.07. The number of furan rings is 1. The van der Waals surface area contributed by atoms with Crippen molar-refractivity contribution >= 4 is 15.9 Å². The number of aliphatic hydroxyl groups excluding tert-OH is 1. The highest BCUT2D eigenvalue weighted by Crippen LogP contribution is 2.18. The van der Waals surface area contributed by atoms with Crippen molar-refractivity contribution in [1.82, 2.24) is 0 Å². The fourth-order valence-corrected chi connectivity index (χ4v) is 0.937. The zero-order valence-electron chi connectivity index (χ0n) is 5.25. The third-order valence-corrected chi connectivity index (χ3v) is 1.58. The maximum atomic E-state index is 8.60. The molecule has 0 bridgehead atoms. The van der Waals surface area contributed by atoms with Crippen LogP contribution in [-0.2, 0) is 0 Å². The molecule has 0 aliphatic heterocycles. The van der Waals surface area contributed by atoms with E-state index in [2.05, 4.69) is 15.9 Å². The third-order valence-electron chi connectivity index (χ3n) is 1.16. The molecule has 0 saturated heterocycles. The Balaban J connectivity index is 2.74. The van der Waals surface area contributed by atoms with Gasteiger partial charge in [0, 0.05) is 0 Å². The molecule has 3 nitrogen and oxygen atoms in total. The summed E-state index contributed by atoms with van der Waals surface area (Å²) in [6.45, 7) is -0.0973. The minimum Gasteiger partial charge on any atom is -0.453 e. The van der Waals surface area contributed by atoms with Crippen molar-refractivity contribution in [3.63, 3.8) is 0 Å². The summed E-state index contributed by atoms with van der Waals surface area (Å²) >= 11 is 3.13. The van der Waals surface area contributed by atoms with E-state index in [0.29, 0.717) is 10.4 Å². The van der Waals surface area contributed by atoms with Crippen LogP contribution in [0.15, 0.2) is 21.2 Å². The summed E-state index contributed by atoms with van der Waals surface area (Å²) in [6, 6.07) is 3.06. The number of aliphatic hydroxyl groups is 1. The third kappa shape index (κ3) is 1.59. The average Bonchev–Trinajstić information content (AvgIpc) is 2.34. The quantitative estimate of drug-likeness (QED) is 0.759. The van der Waals surface area contributed by atoms with E-state index < -0.39 is 6.04 Å². The molecule has 0 radical (unpaired) electrons. The lowest BCUT2D eigenvalue weighted by atomic mass is 10.2. The average molecular weight is 206 g/mol. The molecular formula is C6H8BrNO2. The van der Waals surface area contributed by atoms with E-state index in [1.165, 1.54) is 0 Å². The number of rotatable bonds is 2. The van der Waals surface area contributed by atoms with Crippen LogP contribution in [-0.4, -0.2) is 11.7 Å². The van der Waals surface area contributed by atoms with E-state index in [9.17, 15) is 0 Å². The second-order valence-corrected chi connectivity index (χ2v) is 2.71. The Morgan fingerprint density at radius 3 is 2.80 bits per heavy atom.